The van der Waals surface area contributed by atoms with Gasteiger partial charge < -0.3 is 9.88 Å². The van der Waals surface area contributed by atoms with Crippen molar-refractivity contribution in [2.45, 2.75) is 32.0 Å². The minimum absolute atomic E-state index is 0.00859. The highest BCUT2D eigenvalue weighted by atomic mass is 19.4. The molecule has 1 aromatic rings. The number of carbonyl (C=O) groups excluding carboxylic acids is 1. The zero-order valence-corrected chi connectivity index (χ0v) is 10.3. The van der Waals surface area contributed by atoms with Gasteiger partial charge in [-0.3, -0.25) is 4.79 Å². The smallest absolute Gasteiger partial charge is 0.351 e. The minimum Gasteiger partial charge on any atom is -0.351 e. The monoisotopic (exact) mass is 272 g/mol. The molecule has 0 fully saturated rings. The van der Waals surface area contributed by atoms with Gasteiger partial charge >= 0.3 is 6.18 Å². The molecule has 0 aliphatic carbocycles. The van der Waals surface area contributed by atoms with Gasteiger partial charge in [0, 0.05) is 19.2 Å². The van der Waals surface area contributed by atoms with Crippen LogP contribution in [0.15, 0.2) is 18.3 Å². The Balaban J connectivity index is 2.49. The maximum absolute atomic E-state index is 12.3. The molecule has 0 unspecified atom stereocenters. The van der Waals surface area contributed by atoms with E-state index in [0.717, 1.165) is 11.0 Å². The number of alkyl halides is 3. The third kappa shape index (κ3) is 5.51. The quantitative estimate of drug-likeness (QED) is 0.627. The first-order chi connectivity index (χ1) is 8.94. The Morgan fingerprint density at radius 3 is 2.79 bits per heavy atom. The van der Waals surface area contributed by atoms with E-state index in [0.29, 0.717) is 19.4 Å². The third-order valence-corrected chi connectivity index (χ3v) is 2.45. The third-order valence-electron chi connectivity index (χ3n) is 2.45. The van der Waals surface area contributed by atoms with Crippen molar-refractivity contribution in [3.63, 3.8) is 0 Å². The number of terminal acetylenes is 1. The fraction of sp³-hybridized carbons (Fsp3) is 0.462. The number of hydrogen-bond acceptors (Lipinski definition) is 1. The van der Waals surface area contributed by atoms with Crippen LogP contribution in [0.4, 0.5) is 13.2 Å². The predicted molar refractivity (Wildman–Crippen MR) is 65.5 cm³/mol. The molecule has 0 aliphatic rings. The maximum atomic E-state index is 12.3. The molecule has 19 heavy (non-hydrogen) atoms. The van der Waals surface area contributed by atoms with Crippen LogP contribution in [0.1, 0.15) is 29.8 Å². The Hall–Kier alpha value is -1.90. The molecule has 6 heteroatoms. The van der Waals surface area contributed by atoms with Gasteiger partial charge in [-0.05, 0) is 25.0 Å². The number of rotatable bonds is 6. The van der Waals surface area contributed by atoms with E-state index in [9.17, 15) is 18.0 Å². The van der Waals surface area contributed by atoms with E-state index in [1.807, 2.05) is 0 Å². The summed E-state index contributed by atoms with van der Waals surface area (Å²) in [5.41, 5.74) is 0.00859. The topological polar surface area (TPSA) is 34.0 Å². The summed E-state index contributed by atoms with van der Waals surface area (Å²) in [6, 6.07) is 2.78. The van der Waals surface area contributed by atoms with Crippen molar-refractivity contribution >= 4 is 5.91 Å². The van der Waals surface area contributed by atoms with E-state index in [2.05, 4.69) is 11.2 Å². The van der Waals surface area contributed by atoms with Crippen LogP contribution in [0.3, 0.4) is 0 Å². The van der Waals surface area contributed by atoms with Gasteiger partial charge in [0.25, 0.3) is 5.91 Å². The second-order valence-electron chi connectivity index (χ2n) is 4.05. The normalized spacial score (nSPS) is 11.1. The first-order valence-corrected chi connectivity index (χ1v) is 5.87. The number of nitrogens with one attached hydrogen (secondary N) is 1. The molecule has 104 valence electrons. The number of unbranched alkanes of at least 4 members (excludes halogenated alkanes) is 2. The highest BCUT2D eigenvalue weighted by molar-refractivity contribution is 5.92. The molecule has 1 heterocycles. The summed E-state index contributed by atoms with van der Waals surface area (Å²) in [4.78, 5) is 11.7. The van der Waals surface area contributed by atoms with Crippen LogP contribution < -0.4 is 5.32 Å². The van der Waals surface area contributed by atoms with Gasteiger partial charge in [-0.15, -0.1) is 12.3 Å². The molecule has 0 saturated carbocycles. The van der Waals surface area contributed by atoms with E-state index in [1.165, 1.54) is 18.3 Å². The van der Waals surface area contributed by atoms with Gasteiger partial charge in [-0.1, -0.05) is 0 Å². The Morgan fingerprint density at radius 2 is 2.16 bits per heavy atom. The van der Waals surface area contributed by atoms with Gasteiger partial charge in [-0.2, -0.15) is 13.2 Å². The highest BCUT2D eigenvalue weighted by Gasteiger charge is 2.29. The number of amides is 1. The lowest BCUT2D eigenvalue weighted by Crippen LogP contribution is -2.28. The zero-order valence-electron chi connectivity index (χ0n) is 10.3. The Kier molecular flexibility index (Phi) is 5.49. The molecular formula is C13H15F3N2O. The first-order valence-electron chi connectivity index (χ1n) is 5.87. The summed E-state index contributed by atoms with van der Waals surface area (Å²) in [6.45, 7) is -0.766. The summed E-state index contributed by atoms with van der Waals surface area (Å²) in [5.74, 6) is 1.97. The van der Waals surface area contributed by atoms with Gasteiger partial charge in [0.2, 0.25) is 0 Å². The van der Waals surface area contributed by atoms with Crippen molar-refractivity contribution in [1.82, 2.24) is 9.88 Å². The fourth-order valence-corrected chi connectivity index (χ4v) is 1.60. The first kappa shape index (κ1) is 15.2. The SMILES string of the molecule is C#CCCCCNC(=O)c1cccn1CC(F)(F)F. The van der Waals surface area contributed by atoms with E-state index < -0.39 is 18.6 Å². The summed E-state index contributed by atoms with van der Waals surface area (Å²) in [6.07, 6.45) is 4.08. The van der Waals surface area contributed by atoms with Gasteiger partial charge in [0.05, 0.1) is 0 Å². The van der Waals surface area contributed by atoms with Crippen molar-refractivity contribution in [2.24, 2.45) is 0 Å². The molecule has 1 amide bonds. The Bertz CT molecular complexity index is 457. The van der Waals surface area contributed by atoms with Gasteiger partial charge in [0.15, 0.2) is 0 Å². The van der Waals surface area contributed by atoms with Crippen LogP contribution in [0.5, 0.6) is 0 Å². The van der Waals surface area contributed by atoms with Crippen LogP contribution in [-0.2, 0) is 6.54 Å². The lowest BCUT2D eigenvalue weighted by atomic mass is 10.2. The van der Waals surface area contributed by atoms with Crippen molar-refractivity contribution in [3.05, 3.63) is 24.0 Å². The molecule has 0 atom stereocenters. The van der Waals surface area contributed by atoms with Crippen LogP contribution in [0.2, 0.25) is 0 Å². The maximum Gasteiger partial charge on any atom is 0.406 e. The number of hydrogen-bond donors (Lipinski definition) is 1. The van der Waals surface area contributed by atoms with E-state index in [-0.39, 0.29) is 5.69 Å². The molecule has 3 nitrogen and oxygen atoms in total. The van der Waals surface area contributed by atoms with Gasteiger partial charge in [0.1, 0.15) is 12.2 Å². The van der Waals surface area contributed by atoms with E-state index >= 15 is 0 Å². The molecule has 1 aromatic heterocycles. The van der Waals surface area contributed by atoms with E-state index in [4.69, 9.17) is 6.42 Å². The Morgan fingerprint density at radius 1 is 1.42 bits per heavy atom. The average molecular weight is 272 g/mol. The lowest BCUT2D eigenvalue weighted by molar-refractivity contribution is -0.140. The zero-order chi connectivity index (χ0) is 14.3. The molecule has 0 aromatic carbocycles. The molecule has 0 aliphatic heterocycles. The van der Waals surface area contributed by atoms with Crippen molar-refractivity contribution in [1.29, 1.82) is 0 Å². The van der Waals surface area contributed by atoms with Gasteiger partial charge in [-0.25, -0.2) is 0 Å². The second kappa shape index (κ2) is 6.88. The minimum atomic E-state index is -4.35. The average Bonchev–Trinajstić information content (AvgIpc) is 2.74. The van der Waals surface area contributed by atoms with Crippen molar-refractivity contribution < 1.29 is 18.0 Å². The summed E-state index contributed by atoms with van der Waals surface area (Å²) >= 11 is 0. The van der Waals surface area contributed by atoms with Crippen molar-refractivity contribution in [2.75, 3.05) is 6.54 Å². The molecule has 0 saturated heterocycles. The number of carbonyl (C=O) groups is 1. The number of aromatic nitrogens is 1. The Labute approximate surface area is 109 Å². The summed E-state index contributed by atoms with van der Waals surface area (Å²) < 4.78 is 37.7. The number of nitrogens with zero attached hydrogens (tertiary/aromatic N) is 1. The molecule has 0 radical (unpaired) electrons. The molecule has 1 N–H and O–H groups in total. The van der Waals surface area contributed by atoms with Crippen LogP contribution >= 0.6 is 0 Å². The fourth-order valence-electron chi connectivity index (χ4n) is 1.60. The molecule has 0 spiro atoms. The standard InChI is InChI=1S/C13H15F3N2O/c1-2-3-4-5-8-17-12(19)11-7-6-9-18(11)10-13(14,15)16/h1,6-7,9H,3-5,8,10H2,(H,17,19). The van der Waals surface area contributed by atoms with Crippen LogP contribution in [0, 0.1) is 12.3 Å². The molecule has 1 rings (SSSR count). The van der Waals surface area contributed by atoms with Crippen LogP contribution in [0.25, 0.3) is 0 Å². The molecular weight excluding hydrogens is 257 g/mol. The predicted octanol–water partition coefficient (Wildman–Crippen LogP) is 2.58. The largest absolute Gasteiger partial charge is 0.406 e. The highest BCUT2D eigenvalue weighted by Crippen LogP contribution is 2.18. The van der Waals surface area contributed by atoms with E-state index in [1.54, 1.807) is 0 Å². The number of halogens is 3. The summed E-state index contributed by atoms with van der Waals surface area (Å²) in [5, 5.41) is 2.57. The van der Waals surface area contributed by atoms with Crippen molar-refractivity contribution in [3.8, 4) is 12.3 Å². The molecule has 0 bridgehead atoms. The lowest BCUT2D eigenvalue weighted by Gasteiger charge is -2.11. The second-order valence-corrected chi connectivity index (χ2v) is 4.05. The van der Waals surface area contributed by atoms with Crippen LogP contribution in [-0.4, -0.2) is 23.2 Å². The summed E-state index contributed by atoms with van der Waals surface area (Å²) in [7, 11) is 0.